The van der Waals surface area contributed by atoms with Crippen LogP contribution >= 0.6 is 15.9 Å². The van der Waals surface area contributed by atoms with Gasteiger partial charge in [0.05, 0.1) is 0 Å². The average Bonchev–Trinajstić information content (AvgIpc) is 2.32. The van der Waals surface area contributed by atoms with E-state index in [-0.39, 0.29) is 5.82 Å². The first-order chi connectivity index (χ1) is 8.63. The zero-order valence-electron chi connectivity index (χ0n) is 10.2. The molecule has 0 aliphatic carbocycles. The molecule has 3 heteroatoms. The second kappa shape index (κ2) is 6.01. The van der Waals surface area contributed by atoms with Crippen LogP contribution in [-0.2, 0) is 6.42 Å². The van der Waals surface area contributed by atoms with Crippen molar-refractivity contribution in [3.63, 3.8) is 0 Å². The van der Waals surface area contributed by atoms with Gasteiger partial charge in [0.25, 0.3) is 0 Å². The number of nitrogens with one attached hydrogen (secondary N) is 1. The Balaban J connectivity index is 1.96. The summed E-state index contributed by atoms with van der Waals surface area (Å²) in [5, 5.41) is 3.42. The maximum Gasteiger partial charge on any atom is 0.123 e. The van der Waals surface area contributed by atoms with Crippen LogP contribution in [0.4, 0.5) is 10.1 Å². The highest BCUT2D eigenvalue weighted by atomic mass is 79.9. The first kappa shape index (κ1) is 13.1. The van der Waals surface area contributed by atoms with Crippen LogP contribution in [0.5, 0.6) is 0 Å². The van der Waals surface area contributed by atoms with Gasteiger partial charge in [0.15, 0.2) is 0 Å². The Labute approximate surface area is 115 Å². The van der Waals surface area contributed by atoms with E-state index in [0.717, 1.165) is 22.1 Å². The lowest BCUT2D eigenvalue weighted by Gasteiger charge is -2.15. The van der Waals surface area contributed by atoms with E-state index in [4.69, 9.17) is 0 Å². The summed E-state index contributed by atoms with van der Waals surface area (Å²) in [6, 6.07) is 15.0. The lowest BCUT2D eigenvalue weighted by atomic mass is 10.1. The van der Waals surface area contributed by atoms with Gasteiger partial charge in [0.1, 0.15) is 5.82 Å². The zero-order chi connectivity index (χ0) is 13.0. The monoisotopic (exact) mass is 307 g/mol. The highest BCUT2D eigenvalue weighted by Crippen LogP contribution is 2.17. The van der Waals surface area contributed by atoms with Gasteiger partial charge in [-0.1, -0.05) is 34.1 Å². The average molecular weight is 308 g/mol. The van der Waals surface area contributed by atoms with Crippen molar-refractivity contribution in [2.24, 2.45) is 0 Å². The largest absolute Gasteiger partial charge is 0.382 e. The summed E-state index contributed by atoms with van der Waals surface area (Å²) in [4.78, 5) is 0. The van der Waals surface area contributed by atoms with Crippen molar-refractivity contribution in [2.45, 2.75) is 19.4 Å². The van der Waals surface area contributed by atoms with Crippen LogP contribution < -0.4 is 5.32 Å². The molecule has 0 spiro atoms. The molecule has 2 rings (SSSR count). The van der Waals surface area contributed by atoms with Gasteiger partial charge in [-0.25, -0.2) is 4.39 Å². The van der Waals surface area contributed by atoms with Crippen LogP contribution in [0, 0.1) is 5.82 Å². The van der Waals surface area contributed by atoms with Gasteiger partial charge in [-0.15, -0.1) is 0 Å². The van der Waals surface area contributed by atoms with Crippen LogP contribution in [0.1, 0.15) is 12.5 Å². The molecule has 1 nitrogen and oxygen atoms in total. The fourth-order valence-electron chi connectivity index (χ4n) is 1.89. The molecule has 0 saturated heterocycles. The summed E-state index contributed by atoms with van der Waals surface area (Å²) in [5.41, 5.74) is 2.21. The molecule has 2 aromatic carbocycles. The van der Waals surface area contributed by atoms with Gasteiger partial charge in [-0.05, 0) is 49.2 Å². The van der Waals surface area contributed by atoms with Crippen LogP contribution in [0.25, 0.3) is 0 Å². The summed E-state index contributed by atoms with van der Waals surface area (Å²) in [6.45, 7) is 2.12. The molecule has 0 radical (unpaired) electrons. The second-order valence-corrected chi connectivity index (χ2v) is 5.30. The molecule has 0 heterocycles. The van der Waals surface area contributed by atoms with Gasteiger partial charge >= 0.3 is 0 Å². The fraction of sp³-hybridized carbons (Fsp3) is 0.200. The third-order valence-electron chi connectivity index (χ3n) is 2.69. The number of benzene rings is 2. The molecule has 1 N–H and O–H groups in total. The van der Waals surface area contributed by atoms with E-state index in [1.165, 1.54) is 12.1 Å². The van der Waals surface area contributed by atoms with Crippen LogP contribution in [0.3, 0.4) is 0 Å². The molecule has 94 valence electrons. The molecule has 1 unspecified atom stereocenters. The third-order valence-corrected chi connectivity index (χ3v) is 3.19. The summed E-state index contributed by atoms with van der Waals surface area (Å²) < 4.78 is 13.9. The van der Waals surface area contributed by atoms with Crippen LogP contribution in [0.2, 0.25) is 0 Å². The normalized spacial score (nSPS) is 12.2. The number of anilines is 1. The Morgan fingerprint density at radius 3 is 2.56 bits per heavy atom. The molecule has 18 heavy (non-hydrogen) atoms. The van der Waals surface area contributed by atoms with Crippen molar-refractivity contribution in [3.05, 3.63) is 64.4 Å². The maximum absolute atomic E-state index is 12.8. The molecular formula is C15H15BrFN. The van der Waals surface area contributed by atoms with Crippen molar-refractivity contribution in [3.8, 4) is 0 Å². The van der Waals surface area contributed by atoms with Crippen molar-refractivity contribution < 1.29 is 4.39 Å². The van der Waals surface area contributed by atoms with E-state index in [9.17, 15) is 4.39 Å². The molecule has 0 aliphatic heterocycles. The van der Waals surface area contributed by atoms with Crippen LogP contribution in [-0.4, -0.2) is 6.04 Å². The molecular weight excluding hydrogens is 293 g/mol. The standard InChI is InChI=1S/C15H15BrFN/c1-11(9-12-5-7-14(17)8-6-12)18-15-4-2-3-13(16)10-15/h2-8,10-11,18H,9H2,1H3. The smallest absolute Gasteiger partial charge is 0.123 e. The predicted octanol–water partition coefficient (Wildman–Crippen LogP) is 4.63. The highest BCUT2D eigenvalue weighted by Gasteiger charge is 2.04. The van der Waals surface area contributed by atoms with Gasteiger partial charge < -0.3 is 5.32 Å². The molecule has 0 aromatic heterocycles. The van der Waals surface area contributed by atoms with Crippen molar-refractivity contribution in [2.75, 3.05) is 5.32 Å². The second-order valence-electron chi connectivity index (χ2n) is 4.39. The molecule has 0 amide bonds. The first-order valence-electron chi connectivity index (χ1n) is 5.90. The van der Waals surface area contributed by atoms with E-state index in [1.54, 1.807) is 0 Å². The topological polar surface area (TPSA) is 12.0 Å². The number of rotatable bonds is 4. The van der Waals surface area contributed by atoms with Crippen molar-refractivity contribution >= 4 is 21.6 Å². The molecule has 0 fully saturated rings. The number of hydrogen-bond acceptors (Lipinski definition) is 1. The van der Waals surface area contributed by atoms with Gasteiger partial charge in [-0.3, -0.25) is 0 Å². The molecule has 0 bridgehead atoms. The SMILES string of the molecule is CC(Cc1ccc(F)cc1)Nc1cccc(Br)c1. The minimum Gasteiger partial charge on any atom is -0.382 e. The Kier molecular flexibility index (Phi) is 4.37. The van der Waals surface area contributed by atoms with Crippen molar-refractivity contribution in [1.82, 2.24) is 0 Å². The minimum atomic E-state index is -0.189. The minimum absolute atomic E-state index is 0.189. The lowest BCUT2D eigenvalue weighted by molar-refractivity contribution is 0.626. The first-order valence-corrected chi connectivity index (χ1v) is 6.69. The summed E-state index contributed by atoms with van der Waals surface area (Å²) >= 11 is 3.45. The Morgan fingerprint density at radius 1 is 1.17 bits per heavy atom. The van der Waals surface area contributed by atoms with Gasteiger partial charge in [-0.2, -0.15) is 0 Å². The highest BCUT2D eigenvalue weighted by molar-refractivity contribution is 9.10. The summed E-state index contributed by atoms with van der Waals surface area (Å²) in [6.07, 6.45) is 0.868. The molecule has 1 atom stereocenters. The van der Waals surface area contributed by atoms with E-state index < -0.39 is 0 Å². The Morgan fingerprint density at radius 2 is 1.89 bits per heavy atom. The third kappa shape index (κ3) is 3.84. The maximum atomic E-state index is 12.8. The Bertz CT molecular complexity index is 510. The summed E-state index contributed by atoms with van der Waals surface area (Å²) in [5.74, 6) is -0.189. The molecule has 0 saturated carbocycles. The van der Waals surface area contributed by atoms with Gasteiger partial charge in [0.2, 0.25) is 0 Å². The van der Waals surface area contributed by atoms with Gasteiger partial charge in [0, 0.05) is 16.2 Å². The lowest BCUT2D eigenvalue weighted by Crippen LogP contribution is -2.17. The molecule has 2 aromatic rings. The van der Waals surface area contributed by atoms with Crippen molar-refractivity contribution in [1.29, 1.82) is 0 Å². The quantitative estimate of drug-likeness (QED) is 0.868. The number of halogens is 2. The van der Waals surface area contributed by atoms with E-state index in [0.29, 0.717) is 6.04 Å². The summed E-state index contributed by atoms with van der Waals surface area (Å²) in [7, 11) is 0. The fourth-order valence-corrected chi connectivity index (χ4v) is 2.29. The predicted molar refractivity (Wildman–Crippen MR) is 77.3 cm³/mol. The Hall–Kier alpha value is -1.35. The van der Waals surface area contributed by atoms with E-state index in [1.807, 2.05) is 36.4 Å². The van der Waals surface area contributed by atoms with Crippen LogP contribution in [0.15, 0.2) is 53.0 Å². The number of hydrogen-bond donors (Lipinski definition) is 1. The van der Waals surface area contributed by atoms with E-state index in [2.05, 4.69) is 28.2 Å². The zero-order valence-corrected chi connectivity index (χ0v) is 11.7. The molecule has 0 aliphatic rings. The van der Waals surface area contributed by atoms with E-state index >= 15 is 0 Å².